The van der Waals surface area contributed by atoms with E-state index in [2.05, 4.69) is 58.7 Å². The molecular formula is C14H25N. The quantitative estimate of drug-likeness (QED) is 0.674. The molecule has 0 fully saturated rings. The highest BCUT2D eigenvalue weighted by atomic mass is 14.8. The fourth-order valence-corrected chi connectivity index (χ4v) is 1.09. The van der Waals surface area contributed by atoms with Crippen molar-refractivity contribution in [2.75, 3.05) is 7.05 Å². The van der Waals surface area contributed by atoms with Gasteiger partial charge in [0, 0.05) is 7.05 Å². The molecule has 1 N–H and O–H groups in total. The maximum Gasteiger partial charge on any atom is 0.00277 e. The van der Waals surface area contributed by atoms with Crippen LogP contribution in [0.3, 0.4) is 0 Å². The fraction of sp³-hybridized carbons (Fsp3) is 0.571. The Morgan fingerprint density at radius 2 is 1.87 bits per heavy atom. The molecule has 86 valence electrons. The van der Waals surface area contributed by atoms with Crippen LogP contribution < -0.4 is 5.32 Å². The Kier molecular flexibility index (Phi) is 5.41. The molecule has 0 amide bonds. The Morgan fingerprint density at radius 1 is 1.33 bits per heavy atom. The zero-order chi connectivity index (χ0) is 12.1. The fourth-order valence-electron chi connectivity index (χ4n) is 1.09. The molecular weight excluding hydrogens is 182 g/mol. The lowest BCUT2D eigenvalue weighted by Crippen LogP contribution is -2.20. The van der Waals surface area contributed by atoms with Crippen LogP contribution in [0.25, 0.3) is 0 Å². The minimum atomic E-state index is 0.161. The van der Waals surface area contributed by atoms with Gasteiger partial charge in [0.15, 0.2) is 0 Å². The average molecular weight is 207 g/mol. The van der Waals surface area contributed by atoms with Crippen molar-refractivity contribution in [3.63, 3.8) is 0 Å². The zero-order valence-corrected chi connectivity index (χ0v) is 11.0. The summed E-state index contributed by atoms with van der Waals surface area (Å²) in [6.07, 6.45) is 6.15. The smallest absolute Gasteiger partial charge is 0.00277 e. The van der Waals surface area contributed by atoms with Crippen molar-refractivity contribution < 1.29 is 0 Å². The van der Waals surface area contributed by atoms with Gasteiger partial charge in [0.05, 0.1) is 0 Å². The van der Waals surface area contributed by atoms with Gasteiger partial charge < -0.3 is 5.32 Å². The molecule has 0 heterocycles. The predicted octanol–water partition coefficient (Wildman–Crippen LogP) is 3.90. The third-order valence-corrected chi connectivity index (χ3v) is 3.19. The number of hydrogen-bond donors (Lipinski definition) is 1. The van der Waals surface area contributed by atoms with Crippen LogP contribution in [0.5, 0.6) is 0 Å². The summed E-state index contributed by atoms with van der Waals surface area (Å²) in [7, 11) is 1.90. The van der Waals surface area contributed by atoms with E-state index in [1.165, 1.54) is 11.1 Å². The summed E-state index contributed by atoms with van der Waals surface area (Å²) in [5, 5.41) is 2.98. The standard InChI is InChI=1S/C14H25N/c1-11(2)14(5,6)13(4)10-12(3)8-9-15-7/h8-11,15H,4H2,1-3,5-7H3/b9-8-,12-10+. The third-order valence-electron chi connectivity index (χ3n) is 3.19. The van der Waals surface area contributed by atoms with Gasteiger partial charge in [-0.1, -0.05) is 40.3 Å². The summed E-state index contributed by atoms with van der Waals surface area (Å²) in [5.41, 5.74) is 2.58. The van der Waals surface area contributed by atoms with Gasteiger partial charge in [-0.25, -0.2) is 0 Å². The lowest BCUT2D eigenvalue weighted by Gasteiger charge is -2.30. The second kappa shape index (κ2) is 5.79. The van der Waals surface area contributed by atoms with Crippen molar-refractivity contribution in [3.8, 4) is 0 Å². The monoisotopic (exact) mass is 207 g/mol. The van der Waals surface area contributed by atoms with Crippen molar-refractivity contribution in [1.82, 2.24) is 5.32 Å². The number of nitrogens with one attached hydrogen (secondary N) is 1. The summed E-state index contributed by atoms with van der Waals surface area (Å²) in [5.74, 6) is 0.599. The Balaban J connectivity index is 4.67. The summed E-state index contributed by atoms with van der Waals surface area (Å²) in [6.45, 7) is 15.2. The third kappa shape index (κ3) is 4.37. The van der Waals surface area contributed by atoms with E-state index in [9.17, 15) is 0 Å². The normalized spacial score (nSPS) is 13.7. The molecule has 0 aromatic heterocycles. The molecule has 0 saturated carbocycles. The highest BCUT2D eigenvalue weighted by Crippen LogP contribution is 2.34. The highest BCUT2D eigenvalue weighted by Gasteiger charge is 2.24. The lowest BCUT2D eigenvalue weighted by atomic mass is 9.75. The van der Waals surface area contributed by atoms with Crippen LogP contribution in [0.1, 0.15) is 34.6 Å². The molecule has 0 aliphatic carbocycles. The minimum absolute atomic E-state index is 0.161. The largest absolute Gasteiger partial charge is 0.394 e. The second-order valence-electron chi connectivity index (χ2n) is 4.91. The molecule has 0 aromatic rings. The SMILES string of the molecule is C=C(/C=C(C)/C=C\NC)C(C)(C)C(C)C. The van der Waals surface area contributed by atoms with E-state index in [0.29, 0.717) is 5.92 Å². The van der Waals surface area contributed by atoms with Gasteiger partial charge in [0.1, 0.15) is 0 Å². The van der Waals surface area contributed by atoms with E-state index in [1.54, 1.807) is 0 Å². The highest BCUT2D eigenvalue weighted by molar-refractivity contribution is 5.30. The van der Waals surface area contributed by atoms with Gasteiger partial charge in [-0.15, -0.1) is 0 Å². The predicted molar refractivity (Wildman–Crippen MR) is 69.7 cm³/mol. The molecule has 0 aliphatic rings. The number of hydrogen-bond acceptors (Lipinski definition) is 1. The molecule has 0 aromatic carbocycles. The van der Waals surface area contributed by atoms with Gasteiger partial charge in [0.2, 0.25) is 0 Å². The molecule has 0 bridgehead atoms. The summed E-state index contributed by atoms with van der Waals surface area (Å²) >= 11 is 0. The van der Waals surface area contributed by atoms with Crippen molar-refractivity contribution in [2.24, 2.45) is 11.3 Å². The van der Waals surface area contributed by atoms with E-state index < -0.39 is 0 Å². The first kappa shape index (κ1) is 14.0. The van der Waals surface area contributed by atoms with Crippen LogP contribution in [0.4, 0.5) is 0 Å². The first-order valence-corrected chi connectivity index (χ1v) is 5.53. The molecule has 15 heavy (non-hydrogen) atoms. The Hall–Kier alpha value is -0.980. The zero-order valence-electron chi connectivity index (χ0n) is 11.0. The van der Waals surface area contributed by atoms with Crippen molar-refractivity contribution >= 4 is 0 Å². The van der Waals surface area contributed by atoms with E-state index >= 15 is 0 Å². The summed E-state index contributed by atoms with van der Waals surface area (Å²) in [6, 6.07) is 0. The molecule has 0 saturated heterocycles. The van der Waals surface area contributed by atoms with E-state index in [0.717, 1.165) is 0 Å². The van der Waals surface area contributed by atoms with Gasteiger partial charge in [-0.2, -0.15) is 0 Å². The molecule has 1 heteroatoms. The average Bonchev–Trinajstić information content (AvgIpc) is 2.14. The molecule has 0 rings (SSSR count). The van der Waals surface area contributed by atoms with Gasteiger partial charge >= 0.3 is 0 Å². The van der Waals surface area contributed by atoms with Gasteiger partial charge in [-0.05, 0) is 41.7 Å². The molecule has 0 spiro atoms. The van der Waals surface area contributed by atoms with Crippen LogP contribution in [-0.4, -0.2) is 7.05 Å². The first-order chi connectivity index (χ1) is 6.82. The van der Waals surface area contributed by atoms with Crippen molar-refractivity contribution in [3.05, 3.63) is 36.1 Å². The van der Waals surface area contributed by atoms with Crippen LogP contribution in [0, 0.1) is 11.3 Å². The Labute approximate surface area is 95.0 Å². The van der Waals surface area contributed by atoms with Crippen LogP contribution in [0.2, 0.25) is 0 Å². The topological polar surface area (TPSA) is 12.0 Å². The number of allylic oxidation sites excluding steroid dienone is 4. The summed E-state index contributed by atoms with van der Waals surface area (Å²) in [4.78, 5) is 0. The van der Waals surface area contributed by atoms with Crippen LogP contribution >= 0.6 is 0 Å². The van der Waals surface area contributed by atoms with Crippen LogP contribution in [-0.2, 0) is 0 Å². The lowest BCUT2D eigenvalue weighted by molar-refractivity contribution is 0.318. The van der Waals surface area contributed by atoms with Crippen molar-refractivity contribution in [1.29, 1.82) is 0 Å². The van der Waals surface area contributed by atoms with Crippen LogP contribution in [0.15, 0.2) is 36.1 Å². The second-order valence-corrected chi connectivity index (χ2v) is 4.91. The van der Waals surface area contributed by atoms with Gasteiger partial charge in [-0.3, -0.25) is 0 Å². The first-order valence-electron chi connectivity index (χ1n) is 5.53. The Bertz CT molecular complexity index is 267. The minimum Gasteiger partial charge on any atom is -0.394 e. The molecule has 0 radical (unpaired) electrons. The molecule has 1 nitrogen and oxygen atoms in total. The van der Waals surface area contributed by atoms with E-state index in [1.807, 2.05) is 13.2 Å². The molecule has 0 unspecified atom stereocenters. The maximum absolute atomic E-state index is 4.16. The summed E-state index contributed by atoms with van der Waals surface area (Å²) < 4.78 is 0. The van der Waals surface area contributed by atoms with E-state index in [4.69, 9.17) is 0 Å². The van der Waals surface area contributed by atoms with Crippen molar-refractivity contribution in [2.45, 2.75) is 34.6 Å². The number of rotatable bonds is 5. The van der Waals surface area contributed by atoms with E-state index in [-0.39, 0.29) is 5.41 Å². The molecule has 0 aliphatic heterocycles. The molecule has 0 atom stereocenters. The Morgan fingerprint density at radius 3 is 2.27 bits per heavy atom. The van der Waals surface area contributed by atoms with Gasteiger partial charge in [0.25, 0.3) is 0 Å². The maximum atomic E-state index is 4.16.